The molecule has 0 unspecified atom stereocenters. The molecule has 0 radical (unpaired) electrons. The Bertz CT molecular complexity index is 1640. The van der Waals surface area contributed by atoms with Gasteiger partial charge in [-0.25, -0.2) is 18.9 Å². The number of fused-ring (bicyclic) bond motifs is 2. The van der Waals surface area contributed by atoms with Gasteiger partial charge in [-0.3, -0.25) is 4.79 Å². The molecule has 0 saturated carbocycles. The number of nitrogens with one attached hydrogen (secondary N) is 1. The summed E-state index contributed by atoms with van der Waals surface area (Å²) in [5, 5.41) is 8.75. The monoisotopic (exact) mass is 608 g/mol. The number of para-hydroxylation sites is 1. The maximum atomic E-state index is 14.2. The summed E-state index contributed by atoms with van der Waals surface area (Å²) in [7, 11) is 1.58. The standard InChI is InChI=1S/C27H22FIN6O2/c1-37-23-13-21(32-20-8-3-2-7-19(20)23)27(36)31-18-12-22(16-5-4-6-17(28)11-16)34(15-18)26-10-9-25-30-14-24(29)35(25)33-26/h2-11,13-14,18,22H,12,15H2,1H3,(H,31,36)/t18-,22+/m0/s1. The molecule has 3 aromatic heterocycles. The largest absolute Gasteiger partial charge is 0.496 e. The van der Waals surface area contributed by atoms with Gasteiger partial charge in [-0.2, -0.15) is 0 Å². The molecule has 8 nitrogen and oxygen atoms in total. The molecule has 1 aliphatic rings. The van der Waals surface area contributed by atoms with Gasteiger partial charge < -0.3 is 15.0 Å². The van der Waals surface area contributed by atoms with Crippen molar-refractivity contribution in [3.8, 4) is 5.75 Å². The second kappa shape index (κ2) is 9.58. The van der Waals surface area contributed by atoms with Gasteiger partial charge in [0, 0.05) is 24.0 Å². The van der Waals surface area contributed by atoms with Crippen LogP contribution in [-0.4, -0.2) is 45.2 Å². The number of benzene rings is 2. The minimum absolute atomic E-state index is 0.175. The predicted molar refractivity (Wildman–Crippen MR) is 146 cm³/mol. The number of amides is 1. The summed E-state index contributed by atoms with van der Waals surface area (Å²) in [6.45, 7) is 0.501. The lowest BCUT2D eigenvalue weighted by atomic mass is 10.0. The summed E-state index contributed by atoms with van der Waals surface area (Å²) < 4.78 is 22.3. The summed E-state index contributed by atoms with van der Waals surface area (Å²) in [6, 6.07) is 19.2. The van der Waals surface area contributed by atoms with Crippen molar-refractivity contribution in [3.63, 3.8) is 0 Å². The van der Waals surface area contributed by atoms with Crippen molar-refractivity contribution in [2.45, 2.75) is 18.5 Å². The van der Waals surface area contributed by atoms with Gasteiger partial charge in [-0.15, -0.1) is 5.10 Å². The molecule has 0 spiro atoms. The number of ether oxygens (including phenoxy) is 1. The molecule has 6 rings (SSSR count). The molecular formula is C27H22FIN6O2. The Morgan fingerprint density at radius 3 is 2.84 bits per heavy atom. The Hall–Kier alpha value is -3.80. The first-order chi connectivity index (χ1) is 18.0. The van der Waals surface area contributed by atoms with Crippen molar-refractivity contribution in [1.82, 2.24) is 24.9 Å². The van der Waals surface area contributed by atoms with Crippen molar-refractivity contribution in [2.24, 2.45) is 0 Å². The Morgan fingerprint density at radius 1 is 1.14 bits per heavy atom. The first kappa shape index (κ1) is 23.6. The van der Waals surface area contributed by atoms with Gasteiger partial charge in [0.2, 0.25) is 0 Å². The highest BCUT2D eigenvalue weighted by atomic mass is 127. The van der Waals surface area contributed by atoms with Crippen molar-refractivity contribution >= 4 is 50.9 Å². The second-order valence-electron chi connectivity index (χ2n) is 8.90. The van der Waals surface area contributed by atoms with Gasteiger partial charge in [0.15, 0.2) is 5.65 Å². The van der Waals surface area contributed by atoms with E-state index >= 15 is 0 Å². The van der Waals surface area contributed by atoms with Crippen LogP contribution in [0.5, 0.6) is 5.75 Å². The van der Waals surface area contributed by atoms with E-state index < -0.39 is 0 Å². The fourth-order valence-corrected chi connectivity index (χ4v) is 5.39. The Labute approximate surface area is 225 Å². The number of aromatic nitrogens is 4. The molecule has 1 fully saturated rings. The van der Waals surface area contributed by atoms with E-state index in [0.29, 0.717) is 24.2 Å². The van der Waals surface area contributed by atoms with Crippen LogP contribution in [-0.2, 0) is 0 Å². The number of carbonyl (C=O) groups is 1. The summed E-state index contributed by atoms with van der Waals surface area (Å²) in [5.41, 5.74) is 2.54. The highest BCUT2D eigenvalue weighted by Gasteiger charge is 2.35. The molecule has 2 atom stereocenters. The third-order valence-electron chi connectivity index (χ3n) is 6.60. The van der Waals surface area contributed by atoms with Crippen molar-refractivity contribution in [3.05, 3.63) is 93.7 Å². The molecule has 0 aliphatic carbocycles. The average molecular weight is 608 g/mol. The third-order valence-corrected chi connectivity index (χ3v) is 7.34. The molecule has 1 N–H and O–H groups in total. The van der Waals surface area contributed by atoms with Crippen LogP contribution in [0.4, 0.5) is 10.2 Å². The number of halogens is 2. The van der Waals surface area contributed by atoms with Crippen LogP contribution in [0, 0.1) is 9.52 Å². The van der Waals surface area contributed by atoms with Gasteiger partial charge in [-0.1, -0.05) is 24.3 Å². The van der Waals surface area contributed by atoms with E-state index in [2.05, 4.69) is 42.8 Å². The summed E-state index contributed by atoms with van der Waals surface area (Å²) in [6.07, 6.45) is 2.34. The maximum absolute atomic E-state index is 14.2. The molecule has 186 valence electrons. The van der Waals surface area contributed by atoms with Gasteiger partial charge in [0.05, 0.1) is 24.9 Å². The van der Waals surface area contributed by atoms with Crippen LogP contribution < -0.4 is 15.0 Å². The summed E-state index contributed by atoms with van der Waals surface area (Å²) in [5.74, 6) is 0.722. The SMILES string of the molecule is COc1cc(C(=O)N[C@H]2C[C@H](c3cccc(F)c3)N(c3ccc4ncc(I)n4n3)C2)nc2ccccc12. The van der Waals surface area contributed by atoms with Crippen molar-refractivity contribution in [1.29, 1.82) is 0 Å². The van der Waals surface area contributed by atoms with Crippen molar-refractivity contribution < 1.29 is 13.9 Å². The number of hydrogen-bond acceptors (Lipinski definition) is 6. The van der Waals surface area contributed by atoms with Crippen LogP contribution in [0.15, 0.2) is 72.9 Å². The number of methoxy groups -OCH3 is 1. The quantitative estimate of drug-likeness (QED) is 0.290. The van der Waals surface area contributed by atoms with Crippen LogP contribution in [0.25, 0.3) is 16.6 Å². The van der Waals surface area contributed by atoms with Crippen LogP contribution >= 0.6 is 22.6 Å². The number of anilines is 1. The smallest absolute Gasteiger partial charge is 0.270 e. The number of nitrogens with zero attached hydrogens (tertiary/aromatic N) is 5. The van der Waals surface area contributed by atoms with Gasteiger partial charge in [-0.05, 0) is 71.0 Å². The Kier molecular flexibility index (Phi) is 6.11. The molecule has 5 aromatic rings. The van der Waals surface area contributed by atoms with Crippen LogP contribution in [0.1, 0.15) is 28.5 Å². The molecule has 0 bridgehead atoms. The molecule has 10 heteroatoms. The zero-order valence-electron chi connectivity index (χ0n) is 19.8. The minimum atomic E-state index is -0.301. The summed E-state index contributed by atoms with van der Waals surface area (Å²) in [4.78, 5) is 24.3. The lowest BCUT2D eigenvalue weighted by molar-refractivity contribution is 0.0935. The summed E-state index contributed by atoms with van der Waals surface area (Å²) >= 11 is 2.19. The topological polar surface area (TPSA) is 84.7 Å². The molecule has 1 amide bonds. The number of rotatable bonds is 5. The van der Waals surface area contributed by atoms with Gasteiger partial charge >= 0.3 is 0 Å². The zero-order valence-corrected chi connectivity index (χ0v) is 22.0. The fraction of sp³-hybridized carbons (Fsp3) is 0.185. The molecule has 2 aromatic carbocycles. The molecule has 37 heavy (non-hydrogen) atoms. The number of carbonyl (C=O) groups excluding carboxylic acids is 1. The van der Waals surface area contributed by atoms with E-state index in [9.17, 15) is 9.18 Å². The maximum Gasteiger partial charge on any atom is 0.270 e. The molecular weight excluding hydrogens is 586 g/mol. The first-order valence-electron chi connectivity index (χ1n) is 11.8. The van der Waals surface area contributed by atoms with Crippen LogP contribution in [0.3, 0.4) is 0 Å². The van der Waals surface area contributed by atoms with Gasteiger partial charge in [0.25, 0.3) is 5.91 Å². The number of imidazole rings is 1. The highest BCUT2D eigenvalue weighted by molar-refractivity contribution is 14.1. The third kappa shape index (κ3) is 4.45. The van der Waals surface area contributed by atoms with Crippen LogP contribution in [0.2, 0.25) is 0 Å². The van der Waals surface area contributed by atoms with E-state index in [4.69, 9.17) is 9.84 Å². The second-order valence-corrected chi connectivity index (χ2v) is 10.0. The predicted octanol–water partition coefficient (Wildman–Crippen LogP) is 4.78. The van der Waals surface area contributed by atoms with E-state index in [-0.39, 0.29) is 29.5 Å². The molecule has 1 saturated heterocycles. The lowest BCUT2D eigenvalue weighted by Gasteiger charge is -2.25. The first-order valence-corrected chi connectivity index (χ1v) is 12.8. The Balaban J connectivity index is 1.32. The normalized spacial score (nSPS) is 17.4. The van der Waals surface area contributed by atoms with E-state index in [1.165, 1.54) is 12.1 Å². The molecule has 1 aliphatic heterocycles. The minimum Gasteiger partial charge on any atom is -0.496 e. The Morgan fingerprint density at radius 2 is 2.00 bits per heavy atom. The lowest BCUT2D eigenvalue weighted by Crippen LogP contribution is -2.37. The number of pyridine rings is 1. The van der Waals surface area contributed by atoms with E-state index in [1.807, 2.05) is 42.5 Å². The molecule has 4 heterocycles. The fourth-order valence-electron chi connectivity index (χ4n) is 4.90. The zero-order chi connectivity index (χ0) is 25.5. The van der Waals surface area contributed by atoms with E-state index in [0.717, 1.165) is 26.1 Å². The van der Waals surface area contributed by atoms with Gasteiger partial charge in [0.1, 0.15) is 26.8 Å². The van der Waals surface area contributed by atoms with E-state index in [1.54, 1.807) is 30.0 Å². The average Bonchev–Trinajstić information content (AvgIpc) is 3.51. The number of hydrogen-bond donors (Lipinski definition) is 1. The van der Waals surface area contributed by atoms with Crippen molar-refractivity contribution in [2.75, 3.05) is 18.6 Å². The highest BCUT2D eigenvalue weighted by Crippen LogP contribution is 2.36.